The van der Waals surface area contributed by atoms with Crippen molar-refractivity contribution in [3.05, 3.63) is 35.4 Å². The molecule has 21 heavy (non-hydrogen) atoms. The molecule has 1 fully saturated rings. The van der Waals surface area contributed by atoms with Crippen LogP contribution in [-0.2, 0) is 5.75 Å². The molecule has 0 spiro atoms. The van der Waals surface area contributed by atoms with Crippen molar-refractivity contribution in [2.75, 3.05) is 6.54 Å². The van der Waals surface area contributed by atoms with Crippen LogP contribution in [0.3, 0.4) is 0 Å². The fraction of sp³-hybridized carbons (Fsp3) is 0.684. The molecule has 1 aliphatic rings. The SMILES string of the molecule is CCNC1CCC(C(C)C)CC1SCc1ccccc1C. The van der Waals surface area contributed by atoms with E-state index in [0.29, 0.717) is 6.04 Å². The first-order valence-corrected chi connectivity index (χ1v) is 9.56. The summed E-state index contributed by atoms with van der Waals surface area (Å²) in [5, 5.41) is 4.49. The molecule has 0 amide bonds. The monoisotopic (exact) mass is 305 g/mol. The van der Waals surface area contributed by atoms with Crippen molar-refractivity contribution in [3.63, 3.8) is 0 Å². The van der Waals surface area contributed by atoms with Crippen LogP contribution in [0.15, 0.2) is 24.3 Å². The van der Waals surface area contributed by atoms with Crippen molar-refractivity contribution in [2.24, 2.45) is 11.8 Å². The molecule has 3 unspecified atom stereocenters. The zero-order chi connectivity index (χ0) is 15.2. The number of aryl methyl sites for hydroxylation is 1. The van der Waals surface area contributed by atoms with Crippen LogP contribution in [0.5, 0.6) is 0 Å². The molecule has 2 heteroatoms. The molecule has 1 saturated carbocycles. The van der Waals surface area contributed by atoms with Crippen molar-refractivity contribution in [2.45, 2.75) is 64.0 Å². The average Bonchev–Trinajstić information content (AvgIpc) is 2.47. The minimum absolute atomic E-state index is 0.707. The van der Waals surface area contributed by atoms with Gasteiger partial charge in [-0.05, 0) is 55.7 Å². The predicted molar refractivity (Wildman–Crippen MR) is 95.9 cm³/mol. The lowest BCUT2D eigenvalue weighted by atomic mass is 9.79. The Balaban J connectivity index is 1.97. The summed E-state index contributed by atoms with van der Waals surface area (Å²) in [5.74, 6) is 2.90. The average molecular weight is 306 g/mol. The Labute approximate surface area is 135 Å². The fourth-order valence-corrected chi connectivity index (χ4v) is 4.98. The van der Waals surface area contributed by atoms with Gasteiger partial charge in [0, 0.05) is 17.0 Å². The van der Waals surface area contributed by atoms with E-state index in [2.05, 4.69) is 69.0 Å². The second kappa shape index (κ2) is 8.24. The molecule has 0 aromatic heterocycles. The third-order valence-corrected chi connectivity index (χ3v) is 6.38. The van der Waals surface area contributed by atoms with Crippen molar-refractivity contribution in [1.29, 1.82) is 0 Å². The lowest BCUT2D eigenvalue weighted by Gasteiger charge is -2.38. The first-order chi connectivity index (χ1) is 10.1. The van der Waals surface area contributed by atoms with Crippen LogP contribution in [0.25, 0.3) is 0 Å². The van der Waals surface area contributed by atoms with Gasteiger partial charge in [-0.15, -0.1) is 0 Å². The van der Waals surface area contributed by atoms with Crippen LogP contribution in [-0.4, -0.2) is 17.8 Å². The van der Waals surface area contributed by atoms with Gasteiger partial charge in [-0.3, -0.25) is 0 Å². The maximum Gasteiger partial charge on any atom is 0.0207 e. The predicted octanol–water partition coefficient (Wildman–Crippen LogP) is 5.03. The van der Waals surface area contributed by atoms with Gasteiger partial charge in [-0.25, -0.2) is 0 Å². The quantitative estimate of drug-likeness (QED) is 0.791. The minimum atomic E-state index is 0.707. The van der Waals surface area contributed by atoms with E-state index >= 15 is 0 Å². The summed E-state index contributed by atoms with van der Waals surface area (Å²) >= 11 is 2.17. The van der Waals surface area contributed by atoms with Crippen LogP contribution in [0.4, 0.5) is 0 Å². The second-order valence-corrected chi connectivity index (χ2v) is 7.98. The van der Waals surface area contributed by atoms with E-state index in [-0.39, 0.29) is 0 Å². The molecule has 1 nitrogen and oxygen atoms in total. The first kappa shape index (κ1) is 16.9. The second-order valence-electron chi connectivity index (χ2n) is 6.76. The van der Waals surface area contributed by atoms with E-state index in [4.69, 9.17) is 0 Å². The largest absolute Gasteiger partial charge is 0.313 e. The number of hydrogen-bond donors (Lipinski definition) is 1. The highest BCUT2D eigenvalue weighted by atomic mass is 32.2. The summed E-state index contributed by atoms with van der Waals surface area (Å²) < 4.78 is 0. The highest BCUT2D eigenvalue weighted by Crippen LogP contribution is 2.37. The maximum absolute atomic E-state index is 3.72. The topological polar surface area (TPSA) is 12.0 Å². The molecule has 1 N–H and O–H groups in total. The number of hydrogen-bond acceptors (Lipinski definition) is 2. The van der Waals surface area contributed by atoms with Crippen molar-refractivity contribution >= 4 is 11.8 Å². The Hall–Kier alpha value is -0.470. The number of rotatable bonds is 6. The van der Waals surface area contributed by atoms with E-state index in [1.165, 1.54) is 30.4 Å². The summed E-state index contributed by atoms with van der Waals surface area (Å²) in [4.78, 5) is 0. The molecule has 3 atom stereocenters. The molecule has 0 radical (unpaired) electrons. The van der Waals surface area contributed by atoms with Gasteiger partial charge < -0.3 is 5.32 Å². The number of nitrogens with one attached hydrogen (secondary N) is 1. The molecule has 0 saturated heterocycles. The van der Waals surface area contributed by atoms with Crippen molar-refractivity contribution < 1.29 is 0 Å². The molecule has 1 aliphatic carbocycles. The van der Waals surface area contributed by atoms with Gasteiger partial charge in [-0.1, -0.05) is 45.0 Å². The van der Waals surface area contributed by atoms with Crippen molar-refractivity contribution in [1.82, 2.24) is 5.32 Å². The van der Waals surface area contributed by atoms with Gasteiger partial charge in [0.25, 0.3) is 0 Å². The van der Waals surface area contributed by atoms with E-state index < -0.39 is 0 Å². The minimum Gasteiger partial charge on any atom is -0.313 e. The standard InChI is InChI=1S/C19H31NS/c1-5-20-18-11-10-16(14(2)3)12-19(18)21-13-17-9-7-6-8-15(17)4/h6-9,14,16,18-20H,5,10-13H2,1-4H3. The third kappa shape index (κ3) is 4.75. The molecule has 1 aromatic carbocycles. The fourth-order valence-electron chi connectivity index (χ4n) is 3.41. The van der Waals surface area contributed by atoms with E-state index in [9.17, 15) is 0 Å². The van der Waals surface area contributed by atoms with Crippen LogP contribution >= 0.6 is 11.8 Å². The van der Waals surface area contributed by atoms with Crippen molar-refractivity contribution in [3.8, 4) is 0 Å². The summed E-state index contributed by atoms with van der Waals surface area (Å²) in [6, 6.07) is 9.53. The summed E-state index contributed by atoms with van der Waals surface area (Å²) in [6.45, 7) is 10.3. The normalized spacial score (nSPS) is 26.2. The maximum atomic E-state index is 3.72. The Morgan fingerprint density at radius 1 is 1.24 bits per heavy atom. The molecular formula is C19H31NS. The molecule has 0 bridgehead atoms. The molecule has 2 rings (SSSR count). The molecule has 118 valence electrons. The highest BCUT2D eigenvalue weighted by molar-refractivity contribution is 7.99. The summed E-state index contributed by atoms with van der Waals surface area (Å²) in [6.07, 6.45) is 4.13. The smallest absolute Gasteiger partial charge is 0.0207 e. The lowest BCUT2D eigenvalue weighted by Crippen LogP contribution is -2.43. The Kier molecular flexibility index (Phi) is 6.63. The molecule has 0 aliphatic heterocycles. The van der Waals surface area contributed by atoms with E-state index in [0.717, 1.165) is 29.4 Å². The Morgan fingerprint density at radius 3 is 2.67 bits per heavy atom. The summed E-state index contributed by atoms with van der Waals surface area (Å²) in [7, 11) is 0. The van der Waals surface area contributed by atoms with Gasteiger partial charge in [0.2, 0.25) is 0 Å². The van der Waals surface area contributed by atoms with Crippen LogP contribution in [0.2, 0.25) is 0 Å². The van der Waals surface area contributed by atoms with Gasteiger partial charge >= 0.3 is 0 Å². The summed E-state index contributed by atoms with van der Waals surface area (Å²) in [5.41, 5.74) is 2.94. The zero-order valence-electron chi connectivity index (χ0n) is 14.1. The van der Waals surface area contributed by atoms with Gasteiger partial charge in [0.05, 0.1) is 0 Å². The Morgan fingerprint density at radius 2 is 2.00 bits per heavy atom. The zero-order valence-corrected chi connectivity index (χ0v) is 14.9. The molecule has 1 aromatic rings. The van der Waals surface area contributed by atoms with Crippen LogP contribution in [0, 0.1) is 18.8 Å². The van der Waals surface area contributed by atoms with Crippen LogP contribution < -0.4 is 5.32 Å². The van der Waals surface area contributed by atoms with E-state index in [1.807, 2.05) is 0 Å². The van der Waals surface area contributed by atoms with Gasteiger partial charge in [0.1, 0.15) is 0 Å². The third-order valence-electron chi connectivity index (χ3n) is 4.96. The number of benzene rings is 1. The molecule has 0 heterocycles. The molecular weight excluding hydrogens is 274 g/mol. The number of thioether (sulfide) groups is 1. The first-order valence-electron chi connectivity index (χ1n) is 8.51. The van der Waals surface area contributed by atoms with Crippen LogP contribution in [0.1, 0.15) is 51.2 Å². The Bertz CT molecular complexity index is 429. The highest BCUT2D eigenvalue weighted by Gasteiger charge is 2.31. The van der Waals surface area contributed by atoms with Gasteiger partial charge in [-0.2, -0.15) is 11.8 Å². The van der Waals surface area contributed by atoms with E-state index in [1.54, 1.807) is 0 Å². The lowest BCUT2D eigenvalue weighted by molar-refractivity contribution is 0.247. The van der Waals surface area contributed by atoms with Gasteiger partial charge in [0.15, 0.2) is 0 Å².